The summed E-state index contributed by atoms with van der Waals surface area (Å²) in [7, 11) is 0. The third-order valence-electron chi connectivity index (χ3n) is 7.80. The van der Waals surface area contributed by atoms with E-state index in [1.807, 2.05) is 40.1 Å². The predicted octanol–water partition coefficient (Wildman–Crippen LogP) is 5.27. The number of fused-ring (bicyclic) bond motifs is 1. The smallest absolute Gasteiger partial charge is 0.229 e. The van der Waals surface area contributed by atoms with Gasteiger partial charge in [-0.2, -0.15) is 0 Å². The van der Waals surface area contributed by atoms with E-state index in [0.29, 0.717) is 32.7 Å². The Labute approximate surface area is 210 Å². The van der Waals surface area contributed by atoms with Gasteiger partial charge in [0.25, 0.3) is 0 Å². The molecule has 0 saturated carbocycles. The van der Waals surface area contributed by atoms with Gasteiger partial charge in [-0.3, -0.25) is 9.59 Å². The first kappa shape index (κ1) is 25.3. The normalized spacial score (nSPS) is 19.0. The average Bonchev–Trinajstić information content (AvgIpc) is 2.88. The van der Waals surface area contributed by atoms with Crippen LogP contribution in [0.2, 0.25) is 0 Å². The van der Waals surface area contributed by atoms with Crippen LogP contribution in [0.3, 0.4) is 0 Å². The number of aryl methyl sites for hydroxylation is 2. The molecule has 2 heterocycles. The monoisotopic (exact) mass is 476 g/mol. The van der Waals surface area contributed by atoms with Gasteiger partial charge in [0.05, 0.1) is 12.0 Å². The van der Waals surface area contributed by atoms with Crippen molar-refractivity contribution in [2.24, 2.45) is 5.41 Å². The molecule has 1 spiro atoms. The number of rotatable bonds is 4. The lowest BCUT2D eigenvalue weighted by Crippen LogP contribution is -2.53. The summed E-state index contributed by atoms with van der Waals surface area (Å²) in [6.45, 7) is 6.62. The van der Waals surface area contributed by atoms with E-state index in [0.717, 1.165) is 50.7 Å². The summed E-state index contributed by atoms with van der Waals surface area (Å²) in [4.78, 5) is 30.9. The zero-order valence-electron chi connectivity index (χ0n) is 21.4. The first-order valence-corrected chi connectivity index (χ1v) is 13.3. The standard InChI is InChI=1S/C30H40N2O3/c1-24(2)32-22-23-35-27-14-7-6-12-26(27)13-8-9-17-30(29(32)34)18-20-31(21-19-30)28(33)16-15-25-10-4-3-5-11-25/h3-7,10-12,14,24H,8-9,13,15-23H2,1-2H3. The molecule has 0 N–H and O–H groups in total. The van der Waals surface area contributed by atoms with E-state index in [1.165, 1.54) is 11.1 Å². The Kier molecular flexibility index (Phi) is 8.48. The third-order valence-corrected chi connectivity index (χ3v) is 7.80. The van der Waals surface area contributed by atoms with Crippen LogP contribution in [0.5, 0.6) is 5.75 Å². The van der Waals surface area contributed by atoms with Gasteiger partial charge in [0.2, 0.25) is 11.8 Å². The summed E-state index contributed by atoms with van der Waals surface area (Å²) >= 11 is 0. The number of benzene rings is 2. The summed E-state index contributed by atoms with van der Waals surface area (Å²) in [5, 5.41) is 0. The number of hydrogen-bond donors (Lipinski definition) is 0. The van der Waals surface area contributed by atoms with Gasteiger partial charge in [-0.05, 0) is 69.6 Å². The van der Waals surface area contributed by atoms with Crippen molar-refractivity contribution in [3.63, 3.8) is 0 Å². The molecular weight excluding hydrogens is 436 g/mol. The van der Waals surface area contributed by atoms with Crippen LogP contribution in [-0.4, -0.2) is 53.9 Å². The van der Waals surface area contributed by atoms with E-state index in [1.54, 1.807) is 0 Å². The maximum absolute atomic E-state index is 14.0. The molecule has 1 fully saturated rings. The molecule has 0 aromatic heterocycles. The summed E-state index contributed by atoms with van der Waals surface area (Å²) < 4.78 is 6.13. The van der Waals surface area contributed by atoms with Crippen molar-refractivity contribution < 1.29 is 14.3 Å². The summed E-state index contributed by atoms with van der Waals surface area (Å²) in [6, 6.07) is 18.6. The number of nitrogens with zero attached hydrogens (tertiary/aromatic N) is 2. The van der Waals surface area contributed by atoms with E-state index in [9.17, 15) is 9.59 Å². The molecule has 4 rings (SSSR count). The molecule has 2 aromatic rings. The van der Waals surface area contributed by atoms with Crippen LogP contribution in [0, 0.1) is 5.41 Å². The highest BCUT2D eigenvalue weighted by atomic mass is 16.5. The Balaban J connectivity index is 1.43. The van der Waals surface area contributed by atoms with E-state index in [-0.39, 0.29) is 23.3 Å². The largest absolute Gasteiger partial charge is 0.491 e. The zero-order valence-corrected chi connectivity index (χ0v) is 21.4. The summed E-state index contributed by atoms with van der Waals surface area (Å²) in [5.41, 5.74) is 2.07. The maximum atomic E-state index is 14.0. The second-order valence-corrected chi connectivity index (χ2v) is 10.4. The number of piperidine rings is 1. The van der Waals surface area contributed by atoms with E-state index in [2.05, 4.69) is 38.1 Å². The number of para-hydroxylation sites is 1. The van der Waals surface area contributed by atoms with Gasteiger partial charge < -0.3 is 14.5 Å². The fourth-order valence-electron chi connectivity index (χ4n) is 5.59. The molecule has 2 aromatic carbocycles. The second kappa shape index (κ2) is 11.7. The molecule has 5 heteroatoms. The van der Waals surface area contributed by atoms with E-state index < -0.39 is 0 Å². The molecule has 2 aliphatic rings. The van der Waals surface area contributed by atoms with Crippen molar-refractivity contribution in [1.29, 1.82) is 0 Å². The predicted molar refractivity (Wildman–Crippen MR) is 139 cm³/mol. The molecule has 1 saturated heterocycles. The minimum Gasteiger partial charge on any atom is -0.491 e. The van der Waals surface area contributed by atoms with E-state index >= 15 is 0 Å². The zero-order chi connectivity index (χ0) is 24.7. The van der Waals surface area contributed by atoms with Gasteiger partial charge in [0, 0.05) is 25.6 Å². The van der Waals surface area contributed by atoms with Gasteiger partial charge in [-0.15, -0.1) is 0 Å². The molecule has 0 unspecified atom stereocenters. The quantitative estimate of drug-likeness (QED) is 0.604. The number of carbonyl (C=O) groups is 2. The lowest BCUT2D eigenvalue weighted by atomic mass is 9.72. The minimum absolute atomic E-state index is 0.117. The number of hydrogen-bond acceptors (Lipinski definition) is 3. The summed E-state index contributed by atoms with van der Waals surface area (Å²) in [6.07, 6.45) is 6.71. The topological polar surface area (TPSA) is 49.9 Å². The average molecular weight is 477 g/mol. The Bertz CT molecular complexity index is 980. The minimum atomic E-state index is -0.376. The van der Waals surface area contributed by atoms with Gasteiger partial charge in [-0.1, -0.05) is 55.0 Å². The molecule has 2 aliphatic heterocycles. The van der Waals surface area contributed by atoms with Crippen LogP contribution < -0.4 is 4.74 Å². The highest BCUT2D eigenvalue weighted by molar-refractivity contribution is 5.84. The molecule has 5 nitrogen and oxygen atoms in total. The van der Waals surface area contributed by atoms with Crippen molar-refractivity contribution in [1.82, 2.24) is 9.80 Å². The lowest BCUT2D eigenvalue weighted by Gasteiger charge is -2.44. The number of ether oxygens (including phenoxy) is 1. The maximum Gasteiger partial charge on any atom is 0.229 e. The van der Waals surface area contributed by atoms with Gasteiger partial charge in [0.1, 0.15) is 12.4 Å². The number of amides is 2. The van der Waals surface area contributed by atoms with Gasteiger partial charge in [-0.25, -0.2) is 0 Å². The Morgan fingerprint density at radius 2 is 1.66 bits per heavy atom. The van der Waals surface area contributed by atoms with Crippen molar-refractivity contribution in [3.8, 4) is 5.75 Å². The van der Waals surface area contributed by atoms with Crippen LogP contribution in [0.15, 0.2) is 54.6 Å². The van der Waals surface area contributed by atoms with Gasteiger partial charge >= 0.3 is 0 Å². The Morgan fingerprint density at radius 1 is 0.943 bits per heavy atom. The van der Waals surface area contributed by atoms with E-state index in [4.69, 9.17) is 4.74 Å². The molecular formula is C30H40N2O3. The van der Waals surface area contributed by atoms with Crippen molar-refractivity contribution in [2.75, 3.05) is 26.2 Å². The first-order chi connectivity index (χ1) is 17.0. The Hall–Kier alpha value is -2.82. The van der Waals surface area contributed by atoms with Crippen LogP contribution >= 0.6 is 0 Å². The molecule has 188 valence electrons. The van der Waals surface area contributed by atoms with Crippen molar-refractivity contribution in [2.45, 2.75) is 71.3 Å². The molecule has 0 bridgehead atoms. The fraction of sp³-hybridized carbons (Fsp3) is 0.533. The SMILES string of the molecule is CC(C)N1CCOc2ccccc2CCCCC2(CCN(C(=O)CCc3ccccc3)CC2)C1=O. The molecule has 0 atom stereocenters. The Morgan fingerprint density at radius 3 is 2.40 bits per heavy atom. The fourth-order valence-corrected chi connectivity index (χ4v) is 5.59. The van der Waals surface area contributed by atoms with Crippen LogP contribution in [0.4, 0.5) is 0 Å². The van der Waals surface area contributed by atoms with Crippen LogP contribution in [0.1, 0.15) is 63.5 Å². The first-order valence-electron chi connectivity index (χ1n) is 13.3. The number of likely N-dealkylation sites (tertiary alicyclic amines) is 1. The molecule has 35 heavy (non-hydrogen) atoms. The van der Waals surface area contributed by atoms with Gasteiger partial charge in [0.15, 0.2) is 0 Å². The summed E-state index contributed by atoms with van der Waals surface area (Å²) in [5.74, 6) is 1.40. The highest BCUT2D eigenvalue weighted by Gasteiger charge is 2.44. The molecule has 0 radical (unpaired) electrons. The van der Waals surface area contributed by atoms with Crippen LogP contribution in [0.25, 0.3) is 0 Å². The molecule has 2 amide bonds. The van der Waals surface area contributed by atoms with Crippen molar-refractivity contribution >= 4 is 11.8 Å². The second-order valence-electron chi connectivity index (χ2n) is 10.4. The lowest BCUT2D eigenvalue weighted by molar-refractivity contribution is -0.151. The highest BCUT2D eigenvalue weighted by Crippen LogP contribution is 2.40. The third kappa shape index (κ3) is 6.25. The number of carbonyl (C=O) groups excluding carboxylic acids is 2. The van der Waals surface area contributed by atoms with Crippen molar-refractivity contribution in [3.05, 3.63) is 65.7 Å². The van der Waals surface area contributed by atoms with Crippen LogP contribution in [-0.2, 0) is 22.4 Å². The molecule has 0 aliphatic carbocycles.